The maximum absolute atomic E-state index is 13.1. The van der Waals surface area contributed by atoms with Crippen LogP contribution >= 0.6 is 15.6 Å². The number of allylic oxidation sites excluding steroid dienone is 31. The molecule has 3 N–H and O–H groups in total. The van der Waals surface area contributed by atoms with Crippen LogP contribution in [0.2, 0.25) is 0 Å². The molecule has 102 heavy (non-hydrogen) atoms. The minimum Gasteiger partial charge on any atom is -0.462 e. The van der Waals surface area contributed by atoms with Gasteiger partial charge in [0.25, 0.3) is 0 Å². The third-order valence-electron chi connectivity index (χ3n) is 14.6. The average Bonchev–Trinajstić information content (AvgIpc) is 0.923. The smallest absolute Gasteiger partial charge is 0.462 e. The molecular formula is C83H130O17P2. The number of carbonyl (C=O) groups is 4. The van der Waals surface area contributed by atoms with Gasteiger partial charge in [0.1, 0.15) is 19.3 Å². The van der Waals surface area contributed by atoms with Gasteiger partial charge in [-0.05, 0) is 161 Å². The van der Waals surface area contributed by atoms with Crippen LogP contribution in [0.4, 0.5) is 0 Å². The Morgan fingerprint density at radius 2 is 0.559 bits per heavy atom. The van der Waals surface area contributed by atoms with Crippen molar-refractivity contribution in [2.75, 3.05) is 39.6 Å². The lowest BCUT2D eigenvalue weighted by molar-refractivity contribution is -0.161. The van der Waals surface area contributed by atoms with Gasteiger partial charge in [0.2, 0.25) is 0 Å². The molecule has 0 spiro atoms. The van der Waals surface area contributed by atoms with E-state index in [-0.39, 0.29) is 25.7 Å². The zero-order valence-corrected chi connectivity index (χ0v) is 64.2. The summed E-state index contributed by atoms with van der Waals surface area (Å²) in [7, 11) is -10.0. The lowest BCUT2D eigenvalue weighted by Crippen LogP contribution is -2.30. The highest BCUT2D eigenvalue weighted by molar-refractivity contribution is 7.47. The Hall–Kier alpha value is -6.10. The van der Waals surface area contributed by atoms with Gasteiger partial charge in [-0.25, -0.2) is 9.13 Å². The standard InChI is InChI=1S/C83H130O17P2/c1-5-9-13-17-21-25-29-33-37-38-42-44-48-52-56-60-64-68-81(86)94-74-79(100-83(88)70-66-62-58-54-50-46-41-36-32-28-24-20-16-12-8-4)76-98-102(91,92)96-72-77(84)71-95-101(89,90)97-75-78(99-82(87)69-65-61-57-53-49-45-40-35-31-27-23-19-15-11-7-3)73-93-80(85)67-63-59-55-51-47-43-39-34-30-26-22-18-14-10-6-2/h9-10,12-14,16,21-28,33-37,39-42,44,47,50-52,54,56,62,66,77-79,84H,5-8,11,15,17-20,29-32,38,43,45-46,48-49,53,55,57-61,63-65,67-76H2,1-4H3,(H,89,90)(H,91,92)/b13-9-,14-10-,16-12-,25-21-,26-22-,27-23-,28-24-,37-33-,39-34-,40-35-,41-36-,44-42-,51-47-,54-50-,56-52-,66-62-. The molecule has 0 radical (unpaired) electrons. The van der Waals surface area contributed by atoms with E-state index in [1.54, 1.807) is 12.2 Å². The van der Waals surface area contributed by atoms with Gasteiger partial charge in [0, 0.05) is 19.3 Å². The maximum atomic E-state index is 13.1. The predicted molar refractivity (Wildman–Crippen MR) is 417 cm³/mol. The van der Waals surface area contributed by atoms with Gasteiger partial charge in [-0.15, -0.1) is 0 Å². The van der Waals surface area contributed by atoms with E-state index in [0.717, 1.165) is 141 Å². The second kappa shape index (κ2) is 73.2. The van der Waals surface area contributed by atoms with Crippen molar-refractivity contribution in [1.82, 2.24) is 0 Å². The second-order valence-corrected chi connectivity index (χ2v) is 27.0. The first-order chi connectivity index (χ1) is 49.7. The van der Waals surface area contributed by atoms with Crippen molar-refractivity contribution in [2.24, 2.45) is 0 Å². The highest BCUT2D eigenvalue weighted by Crippen LogP contribution is 2.45. The van der Waals surface area contributed by atoms with Gasteiger partial charge in [0.05, 0.1) is 32.8 Å². The van der Waals surface area contributed by atoms with E-state index in [4.69, 9.17) is 37.0 Å². The topological polar surface area (TPSA) is 237 Å². The summed E-state index contributed by atoms with van der Waals surface area (Å²) in [5.74, 6) is -2.48. The van der Waals surface area contributed by atoms with Gasteiger partial charge in [-0.2, -0.15) is 0 Å². The van der Waals surface area contributed by atoms with Crippen LogP contribution in [0, 0.1) is 0 Å². The van der Waals surface area contributed by atoms with Gasteiger partial charge in [-0.1, -0.05) is 254 Å². The van der Waals surface area contributed by atoms with Crippen LogP contribution in [0.25, 0.3) is 0 Å². The molecule has 5 unspecified atom stereocenters. The van der Waals surface area contributed by atoms with Crippen molar-refractivity contribution >= 4 is 39.5 Å². The van der Waals surface area contributed by atoms with Crippen LogP contribution in [0.5, 0.6) is 0 Å². The number of ether oxygens (including phenoxy) is 4. The number of phosphoric ester groups is 2. The van der Waals surface area contributed by atoms with Crippen LogP contribution in [0.15, 0.2) is 194 Å². The van der Waals surface area contributed by atoms with E-state index in [1.165, 1.54) is 19.3 Å². The summed E-state index contributed by atoms with van der Waals surface area (Å²) in [6.07, 6.45) is 89.0. The van der Waals surface area contributed by atoms with E-state index >= 15 is 0 Å². The molecular weight excluding hydrogens is 1330 g/mol. The van der Waals surface area contributed by atoms with Crippen LogP contribution < -0.4 is 0 Å². The first kappa shape index (κ1) is 95.9. The second-order valence-electron chi connectivity index (χ2n) is 24.1. The highest BCUT2D eigenvalue weighted by atomic mass is 31.2. The molecule has 0 aliphatic rings. The molecule has 0 aromatic carbocycles. The Kier molecular flexibility index (Phi) is 68.8. The molecule has 0 saturated heterocycles. The molecule has 0 rings (SSSR count). The first-order valence-electron chi connectivity index (χ1n) is 37.7. The van der Waals surface area contributed by atoms with Crippen molar-refractivity contribution in [2.45, 2.75) is 264 Å². The van der Waals surface area contributed by atoms with E-state index in [9.17, 15) is 43.2 Å². The number of aliphatic hydroxyl groups excluding tert-OH is 1. The van der Waals surface area contributed by atoms with Crippen LogP contribution in [-0.4, -0.2) is 96.7 Å². The van der Waals surface area contributed by atoms with Gasteiger partial charge in [0.15, 0.2) is 12.2 Å². The summed E-state index contributed by atoms with van der Waals surface area (Å²) >= 11 is 0. The number of rotatable bonds is 68. The fourth-order valence-corrected chi connectivity index (χ4v) is 10.5. The lowest BCUT2D eigenvalue weighted by Gasteiger charge is -2.21. The summed E-state index contributed by atoms with van der Waals surface area (Å²) in [6.45, 7) is 4.21. The molecule has 0 amide bonds. The van der Waals surface area contributed by atoms with Gasteiger partial charge < -0.3 is 33.8 Å². The predicted octanol–water partition coefficient (Wildman–Crippen LogP) is 21.8. The van der Waals surface area contributed by atoms with Gasteiger partial charge >= 0.3 is 39.5 Å². The number of phosphoric acid groups is 2. The fraction of sp³-hybridized carbons (Fsp3) is 0.566. The Morgan fingerprint density at radius 3 is 0.931 bits per heavy atom. The number of unbranched alkanes of at least 4 members (excludes halogenated alkanes) is 11. The number of hydrogen-bond donors (Lipinski definition) is 3. The molecule has 574 valence electrons. The molecule has 17 nitrogen and oxygen atoms in total. The van der Waals surface area contributed by atoms with Crippen molar-refractivity contribution in [3.63, 3.8) is 0 Å². The van der Waals surface area contributed by atoms with Crippen LogP contribution in [0.1, 0.15) is 246 Å². The molecule has 5 atom stereocenters. The normalized spacial score (nSPS) is 15.0. The molecule has 0 aliphatic heterocycles. The van der Waals surface area contributed by atoms with Crippen molar-refractivity contribution < 1.29 is 80.2 Å². The Balaban J connectivity index is 5.55. The third-order valence-corrected chi connectivity index (χ3v) is 16.5. The van der Waals surface area contributed by atoms with Crippen molar-refractivity contribution in [1.29, 1.82) is 0 Å². The zero-order chi connectivity index (χ0) is 74.6. The fourth-order valence-electron chi connectivity index (χ4n) is 8.94. The molecule has 0 aromatic rings. The third kappa shape index (κ3) is 72.3. The Bertz CT molecular complexity index is 2700. The quantitative estimate of drug-likeness (QED) is 0.0169. The van der Waals surface area contributed by atoms with Crippen LogP contribution in [0.3, 0.4) is 0 Å². The molecule has 19 heteroatoms. The van der Waals surface area contributed by atoms with E-state index in [2.05, 4.69) is 186 Å². The molecule has 0 heterocycles. The first-order valence-corrected chi connectivity index (χ1v) is 40.7. The minimum atomic E-state index is -5.03. The lowest BCUT2D eigenvalue weighted by atomic mass is 10.1. The summed E-state index contributed by atoms with van der Waals surface area (Å²) in [6, 6.07) is 0. The van der Waals surface area contributed by atoms with E-state index in [0.29, 0.717) is 32.1 Å². The number of hydrogen-bond acceptors (Lipinski definition) is 15. The van der Waals surface area contributed by atoms with E-state index < -0.39 is 97.5 Å². The minimum absolute atomic E-state index is 0.0544. The number of esters is 4. The average molecular weight is 1460 g/mol. The monoisotopic (exact) mass is 1460 g/mol. The van der Waals surface area contributed by atoms with Crippen LogP contribution in [-0.2, 0) is 65.4 Å². The van der Waals surface area contributed by atoms with Crippen molar-refractivity contribution in [3.8, 4) is 0 Å². The summed E-state index contributed by atoms with van der Waals surface area (Å²) < 4.78 is 68.2. The summed E-state index contributed by atoms with van der Waals surface area (Å²) in [5, 5.41) is 10.6. The SMILES string of the molecule is CC/C=C\C/C=C\C/C=C\C/C=C\C/C=C\CCCC(=O)OCC(COP(=O)(O)OCC(O)COP(=O)(O)OCC(COC(=O)CCCC/C=C\C/C=C\C/C=C\C/C=C\CC)OC(=O)CCCCCCC/C=C\C/C=C\CCCCC)OC(=O)C/C=C\C/C=C\C/C=C\C/C=C\C/C=C\CC. The summed E-state index contributed by atoms with van der Waals surface area (Å²) in [5.41, 5.74) is 0. The molecule has 0 aliphatic carbocycles. The molecule has 0 bridgehead atoms. The Labute approximate surface area is 615 Å². The number of carbonyl (C=O) groups excluding carboxylic acids is 4. The van der Waals surface area contributed by atoms with Gasteiger partial charge in [-0.3, -0.25) is 37.3 Å². The zero-order valence-electron chi connectivity index (χ0n) is 62.4. The number of aliphatic hydroxyl groups is 1. The highest BCUT2D eigenvalue weighted by Gasteiger charge is 2.30. The Morgan fingerprint density at radius 1 is 0.294 bits per heavy atom. The molecule has 0 aromatic heterocycles. The van der Waals surface area contributed by atoms with E-state index in [1.807, 2.05) is 24.3 Å². The maximum Gasteiger partial charge on any atom is 0.472 e. The molecule has 0 saturated carbocycles. The summed E-state index contributed by atoms with van der Waals surface area (Å²) in [4.78, 5) is 72.8. The largest absolute Gasteiger partial charge is 0.472 e. The molecule has 0 fully saturated rings. The van der Waals surface area contributed by atoms with Crippen molar-refractivity contribution in [3.05, 3.63) is 194 Å².